The van der Waals surface area contributed by atoms with E-state index in [1.54, 1.807) is 36.4 Å². The molecule has 0 saturated heterocycles. The summed E-state index contributed by atoms with van der Waals surface area (Å²) in [6.07, 6.45) is -1.44. The number of fused-ring (bicyclic) bond motifs is 2. The van der Waals surface area contributed by atoms with Gasteiger partial charge in [0.05, 0.1) is 23.3 Å². The minimum Gasteiger partial charge on any atom is -0.390 e. The van der Waals surface area contributed by atoms with Gasteiger partial charge in [-0.2, -0.15) is 0 Å². The number of anilines is 2. The number of halogens is 1. The maximum absolute atomic E-state index is 13.7. The first-order chi connectivity index (χ1) is 20.5. The predicted octanol–water partition coefficient (Wildman–Crippen LogP) is 4.01. The number of aliphatic hydroxyl groups excluding tert-OH is 2. The van der Waals surface area contributed by atoms with Crippen LogP contribution in [0.15, 0.2) is 97.1 Å². The summed E-state index contributed by atoms with van der Waals surface area (Å²) in [5.74, 6) is -0.513. The number of hydrogen-bond donors (Lipinski definition) is 6. The maximum Gasteiger partial charge on any atom is 0.196 e. The van der Waals surface area contributed by atoms with Gasteiger partial charge >= 0.3 is 0 Å². The van der Waals surface area contributed by atoms with Crippen LogP contribution < -0.4 is 21.3 Å². The molecular weight excluding hydrogens is 564 g/mol. The van der Waals surface area contributed by atoms with E-state index in [2.05, 4.69) is 21.3 Å². The van der Waals surface area contributed by atoms with Gasteiger partial charge < -0.3 is 31.5 Å². The zero-order chi connectivity index (χ0) is 29.3. The van der Waals surface area contributed by atoms with Crippen molar-refractivity contribution in [2.24, 2.45) is 0 Å². The van der Waals surface area contributed by atoms with Gasteiger partial charge in [-0.05, 0) is 23.3 Å². The molecule has 0 saturated carbocycles. The van der Waals surface area contributed by atoms with Crippen LogP contribution in [0.3, 0.4) is 0 Å². The van der Waals surface area contributed by atoms with Crippen molar-refractivity contribution in [3.05, 3.63) is 130 Å². The lowest BCUT2D eigenvalue weighted by molar-refractivity contribution is 0.0980. The molecule has 4 aromatic rings. The third kappa shape index (κ3) is 8.07. The van der Waals surface area contributed by atoms with E-state index >= 15 is 0 Å². The van der Waals surface area contributed by atoms with E-state index in [0.717, 1.165) is 11.1 Å². The van der Waals surface area contributed by atoms with Crippen LogP contribution in [0.25, 0.3) is 0 Å². The smallest absolute Gasteiger partial charge is 0.196 e. The second-order valence-corrected chi connectivity index (χ2v) is 10.4. The van der Waals surface area contributed by atoms with Crippen molar-refractivity contribution in [2.75, 3.05) is 36.8 Å². The Balaban J connectivity index is 0.00000423. The Morgan fingerprint density at radius 1 is 0.512 bits per heavy atom. The molecule has 6 N–H and O–H groups in total. The van der Waals surface area contributed by atoms with Crippen LogP contribution in [0.1, 0.15) is 43.0 Å². The topological polar surface area (TPSA) is 123 Å². The van der Waals surface area contributed by atoms with Gasteiger partial charge in [0, 0.05) is 61.8 Å². The van der Waals surface area contributed by atoms with Crippen molar-refractivity contribution < 1.29 is 19.8 Å². The Morgan fingerprint density at radius 2 is 0.884 bits per heavy atom. The molecule has 1 aliphatic carbocycles. The first kappa shape index (κ1) is 31.9. The van der Waals surface area contributed by atoms with Crippen molar-refractivity contribution in [3.8, 4) is 0 Å². The summed E-state index contributed by atoms with van der Waals surface area (Å²) in [5.41, 5.74) is 4.45. The van der Waals surface area contributed by atoms with Crippen molar-refractivity contribution >= 4 is 35.3 Å². The summed E-state index contributed by atoms with van der Waals surface area (Å²) >= 11 is 0. The van der Waals surface area contributed by atoms with Crippen molar-refractivity contribution in [1.29, 1.82) is 0 Å². The lowest BCUT2D eigenvalue weighted by Crippen LogP contribution is -2.33. The molecule has 0 aromatic heterocycles. The van der Waals surface area contributed by atoms with Crippen molar-refractivity contribution in [1.82, 2.24) is 10.6 Å². The van der Waals surface area contributed by atoms with Gasteiger partial charge in [0.25, 0.3) is 0 Å². The average Bonchev–Trinajstić information content (AvgIpc) is 3.02. The van der Waals surface area contributed by atoms with Crippen LogP contribution in [0.4, 0.5) is 11.4 Å². The minimum atomic E-state index is -0.720. The molecule has 0 aliphatic heterocycles. The predicted molar refractivity (Wildman–Crippen MR) is 172 cm³/mol. The third-order valence-electron chi connectivity index (χ3n) is 7.24. The number of carbonyl (C=O) groups excluding carboxylic acids is 2. The number of carbonyl (C=O) groups is 2. The Morgan fingerprint density at radius 3 is 1.28 bits per heavy atom. The van der Waals surface area contributed by atoms with Crippen LogP contribution in [0.2, 0.25) is 0 Å². The van der Waals surface area contributed by atoms with E-state index in [-0.39, 0.29) is 48.2 Å². The highest BCUT2D eigenvalue weighted by Crippen LogP contribution is 2.36. The fourth-order valence-electron chi connectivity index (χ4n) is 5.08. The molecule has 0 spiro atoms. The molecule has 1 aliphatic rings. The molecule has 2 unspecified atom stereocenters. The summed E-state index contributed by atoms with van der Waals surface area (Å²) in [6.45, 7) is 2.35. The fourth-order valence-corrected chi connectivity index (χ4v) is 5.08. The van der Waals surface area contributed by atoms with Crippen LogP contribution in [0, 0.1) is 0 Å². The van der Waals surface area contributed by atoms with Crippen LogP contribution >= 0.6 is 12.4 Å². The van der Waals surface area contributed by atoms with Crippen LogP contribution in [-0.2, 0) is 13.1 Å². The van der Waals surface area contributed by atoms with Gasteiger partial charge in [0.1, 0.15) is 0 Å². The third-order valence-corrected chi connectivity index (χ3v) is 7.24. The molecule has 43 heavy (non-hydrogen) atoms. The molecule has 9 heteroatoms. The van der Waals surface area contributed by atoms with E-state index in [0.29, 0.717) is 48.7 Å². The Bertz CT molecular complexity index is 1400. The van der Waals surface area contributed by atoms with Crippen LogP contribution in [0.5, 0.6) is 0 Å². The van der Waals surface area contributed by atoms with Gasteiger partial charge in [0.2, 0.25) is 0 Å². The molecule has 0 amide bonds. The number of aliphatic hydroxyl groups is 2. The number of hydrogen-bond acceptors (Lipinski definition) is 8. The van der Waals surface area contributed by atoms with E-state index in [4.69, 9.17) is 0 Å². The first-order valence-corrected chi connectivity index (χ1v) is 14.2. The molecular formula is C34H37ClN4O4. The maximum atomic E-state index is 13.7. The zero-order valence-corrected chi connectivity index (χ0v) is 24.6. The normalized spacial score (nSPS) is 13.3. The Labute approximate surface area is 258 Å². The summed E-state index contributed by atoms with van der Waals surface area (Å²) in [6, 6.07) is 30.1. The minimum absolute atomic E-state index is 0. The molecule has 0 bridgehead atoms. The van der Waals surface area contributed by atoms with Gasteiger partial charge in [0.15, 0.2) is 11.6 Å². The molecule has 0 heterocycles. The standard InChI is InChI=1S/C34H36N4O4.ClH/c39-25(19-35-17-23-9-3-1-4-10-23)21-37-29-15-16-30(38-22-26(40)20-36-18-24-11-5-2-6-12-24)32-31(29)33(41)27-13-7-8-14-28(27)34(32)42;/h1-16,25-26,35-40H,17-22H2;1H. The van der Waals surface area contributed by atoms with Crippen molar-refractivity contribution in [3.63, 3.8) is 0 Å². The zero-order valence-electron chi connectivity index (χ0n) is 23.8. The second-order valence-electron chi connectivity index (χ2n) is 10.4. The van der Waals surface area contributed by atoms with Gasteiger partial charge in [-0.1, -0.05) is 84.9 Å². The highest BCUT2D eigenvalue weighted by Gasteiger charge is 2.34. The largest absolute Gasteiger partial charge is 0.390 e. The summed E-state index contributed by atoms with van der Waals surface area (Å²) < 4.78 is 0. The van der Waals surface area contributed by atoms with Gasteiger partial charge in [-0.25, -0.2) is 0 Å². The summed E-state index contributed by atoms with van der Waals surface area (Å²) in [7, 11) is 0. The molecule has 0 radical (unpaired) electrons. The number of rotatable bonds is 14. The van der Waals surface area contributed by atoms with E-state index in [1.165, 1.54) is 0 Å². The monoisotopic (exact) mass is 600 g/mol. The number of ketones is 2. The number of nitrogens with one attached hydrogen (secondary N) is 4. The second kappa shape index (κ2) is 15.4. The lowest BCUT2D eigenvalue weighted by atomic mass is 9.82. The summed E-state index contributed by atoms with van der Waals surface area (Å²) in [4.78, 5) is 27.3. The first-order valence-electron chi connectivity index (χ1n) is 14.2. The van der Waals surface area contributed by atoms with Crippen molar-refractivity contribution in [2.45, 2.75) is 25.3 Å². The van der Waals surface area contributed by atoms with Gasteiger partial charge in [-0.15, -0.1) is 12.4 Å². The molecule has 4 aromatic carbocycles. The molecule has 224 valence electrons. The quantitative estimate of drug-likeness (QED) is 0.113. The average molecular weight is 601 g/mol. The number of benzene rings is 4. The Hall–Kier alpha value is -4.05. The SMILES string of the molecule is Cl.O=C1c2ccccc2C(=O)c2c(NCC(O)CNCc3ccccc3)ccc(NCC(O)CNCc3ccccc3)c21. The molecule has 8 nitrogen and oxygen atoms in total. The highest BCUT2D eigenvalue weighted by atomic mass is 35.5. The molecule has 0 fully saturated rings. The lowest BCUT2D eigenvalue weighted by Gasteiger charge is -2.25. The van der Waals surface area contributed by atoms with E-state index in [9.17, 15) is 19.8 Å². The fraction of sp³-hybridized carbons (Fsp3) is 0.235. The van der Waals surface area contributed by atoms with Crippen LogP contribution in [-0.4, -0.2) is 60.2 Å². The van der Waals surface area contributed by atoms with Gasteiger partial charge in [-0.3, -0.25) is 9.59 Å². The molecule has 5 rings (SSSR count). The highest BCUT2D eigenvalue weighted by molar-refractivity contribution is 6.31. The summed E-state index contributed by atoms with van der Waals surface area (Å²) in [5, 5.41) is 34.0. The Kier molecular flexibility index (Phi) is 11.4. The van der Waals surface area contributed by atoms with E-state index < -0.39 is 12.2 Å². The van der Waals surface area contributed by atoms with E-state index in [1.807, 2.05) is 60.7 Å². The molecule has 2 atom stereocenters.